The maximum absolute atomic E-state index is 12.7. The van der Waals surface area contributed by atoms with Crippen molar-refractivity contribution in [3.8, 4) is 0 Å². The monoisotopic (exact) mass is 341 g/mol. The molecular weight excluding hydrogens is 322 g/mol. The molecule has 1 amide bonds. The zero-order valence-corrected chi connectivity index (χ0v) is 14.6. The highest BCUT2D eigenvalue weighted by molar-refractivity contribution is 7.10. The third-order valence-corrected chi connectivity index (χ3v) is 5.05. The van der Waals surface area contributed by atoms with Crippen LogP contribution in [0.3, 0.4) is 0 Å². The van der Waals surface area contributed by atoms with Crippen LogP contribution in [0, 0.1) is 12.8 Å². The fourth-order valence-electron chi connectivity index (χ4n) is 2.86. The summed E-state index contributed by atoms with van der Waals surface area (Å²) in [5.74, 6) is -1.46. The number of benzene rings is 1. The molecule has 1 aromatic heterocycles. The second-order valence-electron chi connectivity index (χ2n) is 6.21. The standard InChI is InChI=1S/C19H19NO3S/c1-11(2)17(21)15-16(14-5-4-10-24-14)20(19(23)18(15)22)13-8-6-12(3)7-9-13/h4-11,16,22H,1-3H3. The normalized spacial score (nSPS) is 17.9. The number of rotatable bonds is 4. The van der Waals surface area contributed by atoms with Gasteiger partial charge in [-0.1, -0.05) is 37.6 Å². The van der Waals surface area contributed by atoms with E-state index in [9.17, 15) is 14.7 Å². The Hall–Kier alpha value is -2.40. The molecule has 5 heteroatoms. The first-order chi connectivity index (χ1) is 11.4. The number of anilines is 1. The molecule has 0 spiro atoms. The van der Waals surface area contributed by atoms with Crippen LogP contribution >= 0.6 is 11.3 Å². The predicted molar refractivity (Wildman–Crippen MR) is 95.2 cm³/mol. The van der Waals surface area contributed by atoms with Gasteiger partial charge in [-0.05, 0) is 30.5 Å². The van der Waals surface area contributed by atoms with E-state index in [0.717, 1.165) is 10.4 Å². The Morgan fingerprint density at radius 2 is 1.88 bits per heavy atom. The maximum Gasteiger partial charge on any atom is 0.294 e. The molecule has 24 heavy (non-hydrogen) atoms. The summed E-state index contributed by atoms with van der Waals surface area (Å²) >= 11 is 1.47. The summed E-state index contributed by atoms with van der Waals surface area (Å²) in [6, 6.07) is 10.7. The number of ketones is 1. The summed E-state index contributed by atoms with van der Waals surface area (Å²) in [5.41, 5.74) is 1.94. The first kappa shape index (κ1) is 16.5. The number of hydrogen-bond acceptors (Lipinski definition) is 4. The number of aryl methyl sites for hydroxylation is 1. The van der Waals surface area contributed by atoms with E-state index in [1.807, 2.05) is 48.7 Å². The molecule has 0 fully saturated rings. The van der Waals surface area contributed by atoms with Crippen LogP contribution < -0.4 is 4.90 Å². The average molecular weight is 341 g/mol. The van der Waals surface area contributed by atoms with Crippen molar-refractivity contribution >= 4 is 28.7 Å². The van der Waals surface area contributed by atoms with Crippen LogP contribution in [0.1, 0.15) is 30.3 Å². The zero-order chi connectivity index (χ0) is 17.4. The Kier molecular flexibility index (Phi) is 4.28. The Morgan fingerprint density at radius 1 is 1.21 bits per heavy atom. The molecule has 4 nitrogen and oxygen atoms in total. The van der Waals surface area contributed by atoms with E-state index in [-0.39, 0.29) is 17.3 Å². The Balaban J connectivity index is 2.15. The minimum Gasteiger partial charge on any atom is -0.503 e. The molecule has 124 valence electrons. The first-order valence-corrected chi connectivity index (χ1v) is 8.70. The van der Waals surface area contributed by atoms with Crippen molar-refractivity contribution in [1.82, 2.24) is 0 Å². The highest BCUT2D eigenvalue weighted by atomic mass is 32.1. The van der Waals surface area contributed by atoms with E-state index in [1.54, 1.807) is 13.8 Å². The summed E-state index contributed by atoms with van der Waals surface area (Å²) in [5, 5.41) is 12.3. The minimum atomic E-state index is -0.574. The Labute approximate surface area is 145 Å². The third kappa shape index (κ3) is 2.65. The molecule has 1 aliphatic rings. The number of aliphatic hydroxyl groups excluding tert-OH is 1. The second kappa shape index (κ2) is 6.24. The molecule has 0 aliphatic carbocycles. The van der Waals surface area contributed by atoms with Gasteiger partial charge in [-0.2, -0.15) is 0 Å². The van der Waals surface area contributed by atoms with Crippen molar-refractivity contribution in [3.63, 3.8) is 0 Å². The van der Waals surface area contributed by atoms with Crippen LogP contribution in [0.15, 0.2) is 53.1 Å². The van der Waals surface area contributed by atoms with E-state index >= 15 is 0 Å². The number of aliphatic hydroxyl groups is 1. The molecule has 1 atom stereocenters. The summed E-state index contributed by atoms with van der Waals surface area (Å²) in [4.78, 5) is 27.7. The maximum atomic E-state index is 12.7. The summed E-state index contributed by atoms with van der Waals surface area (Å²) in [7, 11) is 0. The van der Waals surface area contributed by atoms with Crippen molar-refractivity contribution in [3.05, 3.63) is 63.6 Å². The van der Waals surface area contributed by atoms with Crippen molar-refractivity contribution in [2.24, 2.45) is 5.92 Å². The third-order valence-electron chi connectivity index (χ3n) is 4.12. The number of hydrogen-bond donors (Lipinski definition) is 1. The van der Waals surface area contributed by atoms with Gasteiger partial charge in [0, 0.05) is 16.5 Å². The number of Topliss-reactive ketones (excluding diaryl/α,β-unsaturated/α-hetero) is 1. The molecule has 1 aromatic carbocycles. The van der Waals surface area contributed by atoms with Crippen molar-refractivity contribution in [2.75, 3.05) is 4.90 Å². The lowest BCUT2D eigenvalue weighted by Crippen LogP contribution is -2.31. The molecule has 0 radical (unpaired) electrons. The van der Waals surface area contributed by atoms with Crippen LogP contribution in [0.2, 0.25) is 0 Å². The molecule has 0 saturated carbocycles. The average Bonchev–Trinajstić information content (AvgIpc) is 3.16. The van der Waals surface area contributed by atoms with Gasteiger partial charge in [0.15, 0.2) is 11.5 Å². The Bertz CT molecular complexity index is 804. The molecule has 1 unspecified atom stereocenters. The van der Waals surface area contributed by atoms with Crippen LogP contribution in [-0.2, 0) is 9.59 Å². The lowest BCUT2D eigenvalue weighted by molar-refractivity contribution is -0.119. The molecule has 0 saturated heterocycles. The quantitative estimate of drug-likeness (QED) is 0.907. The molecule has 3 rings (SSSR count). The molecule has 0 bridgehead atoms. The summed E-state index contributed by atoms with van der Waals surface area (Å²) in [6.07, 6.45) is 0. The molecule has 2 heterocycles. The molecule has 1 aliphatic heterocycles. The van der Waals surface area contributed by atoms with Gasteiger partial charge in [-0.15, -0.1) is 11.3 Å². The second-order valence-corrected chi connectivity index (χ2v) is 7.19. The van der Waals surface area contributed by atoms with Gasteiger partial charge in [0.2, 0.25) is 0 Å². The van der Waals surface area contributed by atoms with Crippen LogP contribution in [-0.4, -0.2) is 16.8 Å². The molecule has 1 N–H and O–H groups in total. The lowest BCUT2D eigenvalue weighted by atomic mass is 9.94. The van der Waals surface area contributed by atoms with E-state index in [4.69, 9.17) is 0 Å². The van der Waals surface area contributed by atoms with Gasteiger partial charge < -0.3 is 5.11 Å². The van der Waals surface area contributed by atoms with Crippen molar-refractivity contribution in [2.45, 2.75) is 26.8 Å². The van der Waals surface area contributed by atoms with Crippen LogP contribution in [0.5, 0.6) is 0 Å². The fraction of sp³-hybridized carbons (Fsp3) is 0.263. The van der Waals surface area contributed by atoms with Gasteiger partial charge in [0.1, 0.15) is 6.04 Å². The smallest absolute Gasteiger partial charge is 0.294 e. The highest BCUT2D eigenvalue weighted by Gasteiger charge is 2.45. The van der Waals surface area contributed by atoms with Crippen LogP contribution in [0.25, 0.3) is 0 Å². The Morgan fingerprint density at radius 3 is 2.42 bits per heavy atom. The largest absolute Gasteiger partial charge is 0.503 e. The minimum absolute atomic E-state index is 0.193. The van der Waals surface area contributed by atoms with E-state index in [0.29, 0.717) is 5.69 Å². The molecule has 2 aromatic rings. The number of nitrogens with zero attached hydrogens (tertiary/aromatic N) is 1. The SMILES string of the molecule is Cc1ccc(N2C(=O)C(O)=C(C(=O)C(C)C)C2c2cccs2)cc1. The fourth-order valence-corrected chi connectivity index (χ4v) is 3.68. The lowest BCUT2D eigenvalue weighted by Gasteiger charge is -2.26. The number of amides is 1. The van der Waals surface area contributed by atoms with Crippen molar-refractivity contribution in [1.29, 1.82) is 0 Å². The van der Waals surface area contributed by atoms with Gasteiger partial charge in [0.25, 0.3) is 5.91 Å². The first-order valence-electron chi connectivity index (χ1n) is 7.82. The molecular formula is C19H19NO3S. The highest BCUT2D eigenvalue weighted by Crippen LogP contribution is 2.43. The number of thiophene rings is 1. The van der Waals surface area contributed by atoms with Gasteiger partial charge >= 0.3 is 0 Å². The summed E-state index contributed by atoms with van der Waals surface area (Å²) in [6.45, 7) is 5.51. The van der Waals surface area contributed by atoms with Crippen LogP contribution in [0.4, 0.5) is 5.69 Å². The van der Waals surface area contributed by atoms with Gasteiger partial charge in [0.05, 0.1) is 5.57 Å². The van der Waals surface area contributed by atoms with E-state index in [1.165, 1.54) is 16.2 Å². The predicted octanol–water partition coefficient (Wildman–Crippen LogP) is 4.18. The van der Waals surface area contributed by atoms with E-state index in [2.05, 4.69) is 0 Å². The number of carbonyl (C=O) groups is 2. The zero-order valence-electron chi connectivity index (χ0n) is 13.8. The van der Waals surface area contributed by atoms with Gasteiger partial charge in [-0.3, -0.25) is 14.5 Å². The van der Waals surface area contributed by atoms with E-state index < -0.39 is 17.7 Å². The van der Waals surface area contributed by atoms with Gasteiger partial charge in [-0.25, -0.2) is 0 Å². The topological polar surface area (TPSA) is 57.6 Å². The number of carbonyl (C=O) groups excluding carboxylic acids is 2. The summed E-state index contributed by atoms with van der Waals surface area (Å²) < 4.78 is 0. The van der Waals surface area contributed by atoms with Crippen molar-refractivity contribution < 1.29 is 14.7 Å².